The zero-order valence-electron chi connectivity index (χ0n) is 8.53. The number of hydrogen-bond acceptors (Lipinski definition) is 4. The van der Waals surface area contributed by atoms with Gasteiger partial charge in [-0.3, -0.25) is 4.79 Å². The van der Waals surface area contributed by atoms with E-state index in [1.165, 1.54) is 6.92 Å². The van der Waals surface area contributed by atoms with E-state index in [2.05, 4.69) is 10.3 Å². The van der Waals surface area contributed by atoms with E-state index in [4.69, 9.17) is 11.5 Å². The zero-order chi connectivity index (χ0) is 11.3. The average Bonchev–Trinajstić information content (AvgIpc) is 2.18. The lowest BCUT2D eigenvalue weighted by atomic mass is 10.2. The molecule has 0 atom stereocenters. The van der Waals surface area contributed by atoms with E-state index in [1.807, 2.05) is 12.2 Å². The van der Waals surface area contributed by atoms with Crippen molar-refractivity contribution in [2.75, 3.05) is 18.0 Å². The Hall–Kier alpha value is -2.04. The van der Waals surface area contributed by atoms with E-state index in [9.17, 15) is 4.79 Å². The Morgan fingerprint density at radius 1 is 1.60 bits per heavy atom. The van der Waals surface area contributed by atoms with Crippen molar-refractivity contribution in [1.82, 2.24) is 10.3 Å². The van der Waals surface area contributed by atoms with Crippen molar-refractivity contribution < 1.29 is 4.79 Å². The van der Waals surface area contributed by atoms with Crippen LogP contribution < -0.4 is 16.8 Å². The maximum absolute atomic E-state index is 10.6. The monoisotopic (exact) mass is 206 g/mol. The molecular formula is C10H14N4O. The molecule has 80 valence electrons. The first kappa shape index (κ1) is 11.0. The summed E-state index contributed by atoms with van der Waals surface area (Å²) in [6.07, 6.45) is 5.25. The predicted molar refractivity (Wildman–Crippen MR) is 60.8 cm³/mol. The fourth-order valence-electron chi connectivity index (χ4n) is 0.998. The van der Waals surface area contributed by atoms with Gasteiger partial charge in [0.1, 0.15) is 5.82 Å². The van der Waals surface area contributed by atoms with Gasteiger partial charge in [-0.1, -0.05) is 12.2 Å². The summed E-state index contributed by atoms with van der Waals surface area (Å²) >= 11 is 0. The number of nitrogens with one attached hydrogen (secondary N) is 1. The highest BCUT2D eigenvalue weighted by Crippen LogP contribution is 2.13. The van der Waals surface area contributed by atoms with E-state index in [0.29, 0.717) is 18.1 Å². The van der Waals surface area contributed by atoms with E-state index in [-0.39, 0.29) is 5.91 Å². The molecule has 0 fully saturated rings. The number of rotatable bonds is 3. The van der Waals surface area contributed by atoms with Crippen LogP contribution in [0.2, 0.25) is 0 Å². The van der Waals surface area contributed by atoms with Gasteiger partial charge < -0.3 is 16.8 Å². The predicted octanol–water partition coefficient (Wildman–Crippen LogP) is 0.395. The van der Waals surface area contributed by atoms with Crippen LogP contribution in [0.4, 0.5) is 11.5 Å². The molecule has 0 aliphatic carbocycles. The molecule has 0 aliphatic rings. The van der Waals surface area contributed by atoms with Crippen molar-refractivity contribution in [3.8, 4) is 0 Å². The smallest absolute Gasteiger partial charge is 0.217 e. The Morgan fingerprint density at radius 3 is 2.93 bits per heavy atom. The van der Waals surface area contributed by atoms with Gasteiger partial charge in [0, 0.05) is 19.7 Å². The number of anilines is 2. The molecule has 1 amide bonds. The summed E-state index contributed by atoms with van der Waals surface area (Å²) < 4.78 is 0. The lowest BCUT2D eigenvalue weighted by Gasteiger charge is -1.99. The van der Waals surface area contributed by atoms with Gasteiger partial charge in [0.25, 0.3) is 0 Å². The molecule has 0 bridgehead atoms. The Morgan fingerprint density at radius 2 is 2.33 bits per heavy atom. The number of carbonyl (C=O) groups is 1. The summed E-state index contributed by atoms with van der Waals surface area (Å²) in [6.45, 7) is 1.95. The van der Waals surface area contributed by atoms with E-state index >= 15 is 0 Å². The number of amides is 1. The number of nitrogen functional groups attached to an aromatic ring is 2. The molecule has 0 saturated heterocycles. The van der Waals surface area contributed by atoms with E-state index in [1.54, 1.807) is 12.3 Å². The van der Waals surface area contributed by atoms with Gasteiger partial charge in [-0.05, 0) is 11.6 Å². The Balaban J connectivity index is 2.57. The third-order valence-electron chi connectivity index (χ3n) is 1.75. The van der Waals surface area contributed by atoms with Gasteiger partial charge in [-0.25, -0.2) is 4.98 Å². The molecule has 15 heavy (non-hydrogen) atoms. The maximum Gasteiger partial charge on any atom is 0.217 e. The second kappa shape index (κ2) is 4.99. The summed E-state index contributed by atoms with van der Waals surface area (Å²) in [4.78, 5) is 14.5. The minimum Gasteiger partial charge on any atom is -0.396 e. The van der Waals surface area contributed by atoms with Crippen LogP contribution >= 0.6 is 0 Å². The molecule has 5 N–H and O–H groups in total. The summed E-state index contributed by atoms with van der Waals surface area (Å²) in [5, 5.41) is 2.64. The highest BCUT2D eigenvalue weighted by Gasteiger charge is 1.95. The summed E-state index contributed by atoms with van der Waals surface area (Å²) in [5.74, 6) is 0.267. The highest BCUT2D eigenvalue weighted by atomic mass is 16.1. The van der Waals surface area contributed by atoms with Crippen LogP contribution in [-0.2, 0) is 4.79 Å². The van der Waals surface area contributed by atoms with Gasteiger partial charge in [0.2, 0.25) is 5.91 Å². The molecule has 5 nitrogen and oxygen atoms in total. The number of pyridine rings is 1. The fraction of sp³-hybridized carbons (Fsp3) is 0.200. The molecule has 1 rings (SSSR count). The molecule has 5 heteroatoms. The number of hydrogen-bond donors (Lipinski definition) is 3. The molecule has 0 unspecified atom stereocenters. The number of aromatic nitrogens is 1. The van der Waals surface area contributed by atoms with Gasteiger partial charge in [0.05, 0.1) is 5.69 Å². The number of nitrogens with zero attached hydrogens (tertiary/aromatic N) is 1. The van der Waals surface area contributed by atoms with E-state index < -0.39 is 0 Å². The van der Waals surface area contributed by atoms with Crippen LogP contribution in [-0.4, -0.2) is 17.4 Å². The minimum atomic E-state index is -0.0606. The van der Waals surface area contributed by atoms with Crippen LogP contribution in [0.5, 0.6) is 0 Å². The molecule has 0 radical (unpaired) electrons. The molecule has 1 aromatic heterocycles. The third-order valence-corrected chi connectivity index (χ3v) is 1.75. The normalized spacial score (nSPS) is 10.5. The summed E-state index contributed by atoms with van der Waals surface area (Å²) in [5.41, 5.74) is 12.4. The lowest BCUT2D eigenvalue weighted by molar-refractivity contribution is -0.118. The first-order chi connectivity index (χ1) is 7.09. The Kier molecular flexibility index (Phi) is 3.68. The Bertz CT molecular complexity index is 387. The molecule has 0 aliphatic heterocycles. The molecule has 0 aromatic carbocycles. The van der Waals surface area contributed by atoms with Crippen LogP contribution in [0.1, 0.15) is 12.5 Å². The van der Waals surface area contributed by atoms with Crippen LogP contribution in [0.25, 0.3) is 6.08 Å². The molecule has 1 aromatic rings. The largest absolute Gasteiger partial charge is 0.396 e. The van der Waals surface area contributed by atoms with Gasteiger partial charge in [-0.2, -0.15) is 0 Å². The SMILES string of the molecule is CC(=O)NCC=Cc1cnc(N)c(N)c1. The van der Waals surface area contributed by atoms with E-state index in [0.717, 1.165) is 5.56 Å². The highest BCUT2D eigenvalue weighted by molar-refractivity contribution is 5.73. The van der Waals surface area contributed by atoms with Crippen LogP contribution in [0.15, 0.2) is 18.3 Å². The summed E-state index contributed by atoms with van der Waals surface area (Å²) in [7, 11) is 0. The zero-order valence-corrected chi connectivity index (χ0v) is 8.53. The fourth-order valence-corrected chi connectivity index (χ4v) is 0.998. The molecule has 0 saturated carbocycles. The maximum atomic E-state index is 10.6. The first-order valence-corrected chi connectivity index (χ1v) is 4.51. The van der Waals surface area contributed by atoms with Crippen molar-refractivity contribution in [3.63, 3.8) is 0 Å². The van der Waals surface area contributed by atoms with Gasteiger partial charge >= 0.3 is 0 Å². The quantitative estimate of drug-likeness (QED) is 0.667. The van der Waals surface area contributed by atoms with Crippen LogP contribution in [0.3, 0.4) is 0 Å². The number of nitrogens with two attached hydrogens (primary N) is 2. The van der Waals surface area contributed by atoms with Crippen molar-refractivity contribution in [3.05, 3.63) is 23.9 Å². The first-order valence-electron chi connectivity index (χ1n) is 4.51. The topological polar surface area (TPSA) is 94.0 Å². The van der Waals surface area contributed by atoms with Crippen molar-refractivity contribution in [2.45, 2.75) is 6.92 Å². The van der Waals surface area contributed by atoms with Crippen molar-refractivity contribution in [2.24, 2.45) is 0 Å². The second-order valence-electron chi connectivity index (χ2n) is 3.08. The number of carbonyl (C=O) groups excluding carboxylic acids is 1. The lowest BCUT2D eigenvalue weighted by Crippen LogP contribution is -2.19. The molecular weight excluding hydrogens is 192 g/mol. The summed E-state index contributed by atoms with van der Waals surface area (Å²) in [6, 6.07) is 1.73. The molecule has 1 heterocycles. The van der Waals surface area contributed by atoms with Gasteiger partial charge in [-0.15, -0.1) is 0 Å². The second-order valence-corrected chi connectivity index (χ2v) is 3.08. The third kappa shape index (κ3) is 3.68. The minimum absolute atomic E-state index is 0.0606. The van der Waals surface area contributed by atoms with Crippen molar-refractivity contribution >= 4 is 23.5 Å². The van der Waals surface area contributed by atoms with Gasteiger partial charge in [0.15, 0.2) is 0 Å². The Labute approximate surface area is 88.2 Å². The van der Waals surface area contributed by atoms with Crippen molar-refractivity contribution in [1.29, 1.82) is 0 Å². The average molecular weight is 206 g/mol. The molecule has 0 spiro atoms. The van der Waals surface area contributed by atoms with Crippen LogP contribution in [0, 0.1) is 0 Å². The standard InChI is InChI=1S/C10H14N4O/c1-7(15)13-4-2-3-8-5-9(11)10(12)14-6-8/h2-3,5-6H,4,11H2,1H3,(H2,12,14)(H,13,15).